The Morgan fingerprint density at radius 2 is 1.94 bits per heavy atom. The zero-order chi connectivity index (χ0) is 21.6. The number of aromatic carboxylic acids is 1. The Bertz CT molecular complexity index is 1080. The number of anilines is 1. The van der Waals surface area contributed by atoms with Crippen LogP contribution in [-0.4, -0.2) is 53.2 Å². The van der Waals surface area contributed by atoms with Gasteiger partial charge in [0.25, 0.3) is 0 Å². The van der Waals surface area contributed by atoms with Crippen molar-refractivity contribution in [3.8, 4) is 10.6 Å². The SMILES string of the molecule is O=C(Cc1csc(-c2cccc(CN3CCOCC3)c2)n1)Nc1ccccc1C(=O)O. The number of nitrogens with zero attached hydrogens (tertiary/aromatic N) is 2. The first-order valence-electron chi connectivity index (χ1n) is 10.0. The molecule has 0 aliphatic carbocycles. The normalized spacial score (nSPS) is 14.3. The number of carbonyl (C=O) groups excluding carboxylic acids is 1. The number of rotatable bonds is 7. The quantitative estimate of drug-likeness (QED) is 0.588. The maximum absolute atomic E-state index is 12.4. The maximum Gasteiger partial charge on any atom is 0.337 e. The minimum atomic E-state index is -1.08. The number of ether oxygens (including phenoxy) is 1. The maximum atomic E-state index is 12.4. The van der Waals surface area contributed by atoms with E-state index in [0.717, 1.165) is 43.4 Å². The second-order valence-corrected chi connectivity index (χ2v) is 8.17. The van der Waals surface area contributed by atoms with Crippen LogP contribution in [0.1, 0.15) is 21.6 Å². The van der Waals surface area contributed by atoms with Gasteiger partial charge in [0.2, 0.25) is 5.91 Å². The van der Waals surface area contributed by atoms with E-state index in [4.69, 9.17) is 4.74 Å². The lowest BCUT2D eigenvalue weighted by atomic mass is 10.1. The molecule has 0 bridgehead atoms. The van der Waals surface area contributed by atoms with Crippen LogP contribution < -0.4 is 5.32 Å². The molecule has 0 atom stereocenters. The van der Waals surface area contributed by atoms with Crippen LogP contribution in [0.3, 0.4) is 0 Å². The van der Waals surface area contributed by atoms with E-state index in [0.29, 0.717) is 5.69 Å². The van der Waals surface area contributed by atoms with Crippen LogP contribution >= 0.6 is 11.3 Å². The minimum absolute atomic E-state index is 0.0619. The molecule has 1 saturated heterocycles. The Hall–Kier alpha value is -3.07. The first kappa shape index (κ1) is 21.2. The van der Waals surface area contributed by atoms with Gasteiger partial charge in [-0.15, -0.1) is 11.3 Å². The highest BCUT2D eigenvalue weighted by Gasteiger charge is 2.15. The van der Waals surface area contributed by atoms with E-state index in [1.807, 2.05) is 17.5 Å². The second-order valence-electron chi connectivity index (χ2n) is 7.31. The van der Waals surface area contributed by atoms with E-state index >= 15 is 0 Å². The number of amides is 1. The summed E-state index contributed by atoms with van der Waals surface area (Å²) in [6.45, 7) is 4.29. The number of aromatic nitrogens is 1. The number of carbonyl (C=O) groups is 2. The monoisotopic (exact) mass is 437 g/mol. The van der Waals surface area contributed by atoms with Crippen molar-refractivity contribution in [1.29, 1.82) is 0 Å². The summed E-state index contributed by atoms with van der Waals surface area (Å²) < 4.78 is 5.41. The molecule has 1 amide bonds. The lowest BCUT2D eigenvalue weighted by molar-refractivity contribution is -0.115. The predicted molar refractivity (Wildman–Crippen MR) is 119 cm³/mol. The van der Waals surface area contributed by atoms with Gasteiger partial charge in [0.1, 0.15) is 5.01 Å². The van der Waals surface area contributed by atoms with Crippen molar-refractivity contribution in [3.63, 3.8) is 0 Å². The van der Waals surface area contributed by atoms with Crippen LogP contribution in [0.4, 0.5) is 5.69 Å². The Morgan fingerprint density at radius 3 is 2.74 bits per heavy atom. The number of hydrogen-bond acceptors (Lipinski definition) is 6. The highest BCUT2D eigenvalue weighted by molar-refractivity contribution is 7.13. The third kappa shape index (κ3) is 5.55. The Balaban J connectivity index is 1.41. The smallest absolute Gasteiger partial charge is 0.337 e. The van der Waals surface area contributed by atoms with Gasteiger partial charge < -0.3 is 15.2 Å². The molecule has 2 aromatic carbocycles. The third-order valence-corrected chi connectivity index (χ3v) is 5.95. The molecule has 1 aliphatic rings. The van der Waals surface area contributed by atoms with E-state index in [-0.39, 0.29) is 23.6 Å². The first-order chi connectivity index (χ1) is 15.1. The van der Waals surface area contributed by atoms with Crippen molar-refractivity contribution in [1.82, 2.24) is 9.88 Å². The fraction of sp³-hybridized carbons (Fsp3) is 0.261. The summed E-state index contributed by atoms with van der Waals surface area (Å²) in [7, 11) is 0. The molecule has 2 heterocycles. The Kier molecular flexibility index (Phi) is 6.71. The molecule has 4 rings (SSSR count). The van der Waals surface area contributed by atoms with Crippen molar-refractivity contribution >= 4 is 28.9 Å². The summed E-state index contributed by atoms with van der Waals surface area (Å²) >= 11 is 1.49. The highest BCUT2D eigenvalue weighted by atomic mass is 32.1. The molecule has 3 aromatic rings. The van der Waals surface area contributed by atoms with Gasteiger partial charge in [0.05, 0.1) is 36.6 Å². The Labute approximate surface area is 184 Å². The Morgan fingerprint density at radius 1 is 1.13 bits per heavy atom. The summed E-state index contributed by atoms with van der Waals surface area (Å²) in [5, 5.41) is 14.7. The molecule has 1 aliphatic heterocycles. The van der Waals surface area contributed by atoms with Crippen LogP contribution in [0.25, 0.3) is 10.6 Å². The summed E-state index contributed by atoms with van der Waals surface area (Å²) in [6.07, 6.45) is 0.0813. The van der Waals surface area contributed by atoms with Crippen LogP contribution in [0.2, 0.25) is 0 Å². The average molecular weight is 438 g/mol. The van der Waals surface area contributed by atoms with Gasteiger partial charge in [0.15, 0.2) is 0 Å². The summed E-state index contributed by atoms with van der Waals surface area (Å²) in [6, 6.07) is 14.7. The van der Waals surface area contributed by atoms with Gasteiger partial charge in [0, 0.05) is 30.6 Å². The third-order valence-electron chi connectivity index (χ3n) is 5.01. The van der Waals surface area contributed by atoms with Crippen LogP contribution in [0.15, 0.2) is 53.9 Å². The minimum Gasteiger partial charge on any atom is -0.478 e. The number of morpholine rings is 1. The van der Waals surface area contributed by atoms with E-state index in [1.54, 1.807) is 18.2 Å². The van der Waals surface area contributed by atoms with E-state index in [1.165, 1.54) is 23.0 Å². The average Bonchev–Trinajstić information content (AvgIpc) is 3.23. The predicted octanol–water partition coefficient (Wildman–Crippen LogP) is 3.52. The number of hydrogen-bond donors (Lipinski definition) is 2. The summed E-state index contributed by atoms with van der Waals surface area (Å²) in [5.74, 6) is -1.38. The van der Waals surface area contributed by atoms with Crippen molar-refractivity contribution in [2.45, 2.75) is 13.0 Å². The largest absolute Gasteiger partial charge is 0.478 e. The molecular weight excluding hydrogens is 414 g/mol. The van der Waals surface area contributed by atoms with E-state index < -0.39 is 5.97 Å². The zero-order valence-electron chi connectivity index (χ0n) is 16.9. The number of carboxylic acid groups (broad SMARTS) is 1. The molecule has 7 nitrogen and oxygen atoms in total. The lowest BCUT2D eigenvalue weighted by Crippen LogP contribution is -2.35. The van der Waals surface area contributed by atoms with Crippen molar-refractivity contribution in [2.75, 3.05) is 31.6 Å². The molecule has 1 aromatic heterocycles. The van der Waals surface area contributed by atoms with Crippen molar-refractivity contribution < 1.29 is 19.4 Å². The first-order valence-corrected chi connectivity index (χ1v) is 10.9. The van der Waals surface area contributed by atoms with Gasteiger partial charge in [-0.2, -0.15) is 0 Å². The molecule has 0 spiro atoms. The van der Waals surface area contributed by atoms with E-state index in [9.17, 15) is 14.7 Å². The molecule has 2 N–H and O–H groups in total. The van der Waals surface area contributed by atoms with Crippen LogP contribution in [-0.2, 0) is 22.5 Å². The molecule has 1 fully saturated rings. The second kappa shape index (κ2) is 9.82. The van der Waals surface area contributed by atoms with Gasteiger partial charge in [-0.3, -0.25) is 9.69 Å². The number of para-hydroxylation sites is 1. The van der Waals surface area contributed by atoms with Gasteiger partial charge in [-0.1, -0.05) is 30.3 Å². The summed E-state index contributed by atoms with van der Waals surface area (Å²) in [5.41, 5.74) is 3.25. The van der Waals surface area contributed by atoms with Gasteiger partial charge in [-0.05, 0) is 23.8 Å². The van der Waals surface area contributed by atoms with Crippen LogP contribution in [0, 0.1) is 0 Å². The molecular formula is C23H23N3O4S. The van der Waals surface area contributed by atoms with E-state index in [2.05, 4.69) is 27.3 Å². The molecule has 8 heteroatoms. The van der Waals surface area contributed by atoms with Crippen LogP contribution in [0.5, 0.6) is 0 Å². The highest BCUT2D eigenvalue weighted by Crippen LogP contribution is 2.25. The molecule has 0 unspecified atom stereocenters. The number of benzene rings is 2. The lowest BCUT2D eigenvalue weighted by Gasteiger charge is -2.26. The number of carboxylic acids is 1. The summed E-state index contributed by atoms with van der Waals surface area (Å²) in [4.78, 5) is 30.7. The fourth-order valence-corrected chi connectivity index (χ4v) is 4.30. The van der Waals surface area contributed by atoms with Crippen molar-refractivity contribution in [2.24, 2.45) is 0 Å². The number of thiazole rings is 1. The van der Waals surface area contributed by atoms with Gasteiger partial charge in [-0.25, -0.2) is 9.78 Å². The molecule has 31 heavy (non-hydrogen) atoms. The molecule has 0 radical (unpaired) electrons. The molecule has 160 valence electrons. The topological polar surface area (TPSA) is 91.8 Å². The molecule has 0 saturated carbocycles. The fourth-order valence-electron chi connectivity index (χ4n) is 3.48. The zero-order valence-corrected chi connectivity index (χ0v) is 17.7. The number of nitrogens with one attached hydrogen (secondary N) is 1. The van der Waals surface area contributed by atoms with Crippen molar-refractivity contribution in [3.05, 3.63) is 70.7 Å². The van der Waals surface area contributed by atoms with Gasteiger partial charge >= 0.3 is 5.97 Å². The standard InChI is InChI=1S/C23H23N3O4S/c27-21(25-20-7-2-1-6-19(20)23(28)29)13-18-15-31-22(24-18)17-5-3-4-16(12-17)14-26-8-10-30-11-9-26/h1-7,12,15H,8-11,13-14H2,(H,25,27)(H,28,29).